The van der Waals surface area contributed by atoms with Crippen molar-refractivity contribution in [3.05, 3.63) is 35.0 Å². The maximum atomic E-state index is 12.2. The van der Waals surface area contributed by atoms with E-state index in [9.17, 15) is 8.42 Å². The highest BCUT2D eigenvalue weighted by molar-refractivity contribution is 7.91. The van der Waals surface area contributed by atoms with Crippen LogP contribution < -0.4 is 0 Å². The van der Waals surface area contributed by atoms with Crippen molar-refractivity contribution in [3.8, 4) is 0 Å². The Kier molecular flexibility index (Phi) is 4.17. The van der Waals surface area contributed by atoms with E-state index in [-0.39, 0.29) is 17.0 Å². The lowest BCUT2D eigenvalue weighted by Crippen LogP contribution is -2.18. The summed E-state index contributed by atoms with van der Waals surface area (Å²) in [5, 5.41) is 1.26. The van der Waals surface area contributed by atoms with E-state index in [0.29, 0.717) is 5.02 Å². The molecule has 3 nitrogen and oxygen atoms in total. The summed E-state index contributed by atoms with van der Waals surface area (Å²) in [4.78, 5) is 0. The van der Waals surface area contributed by atoms with Crippen LogP contribution in [0.4, 0.5) is 0 Å². The molecule has 0 atom stereocenters. The van der Waals surface area contributed by atoms with Crippen molar-refractivity contribution in [3.63, 3.8) is 0 Å². The number of nitrogens with zero attached hydrogens (tertiary/aromatic N) is 1. The van der Waals surface area contributed by atoms with E-state index >= 15 is 0 Å². The van der Waals surface area contributed by atoms with E-state index in [1.807, 2.05) is 42.7 Å². The van der Waals surface area contributed by atoms with Crippen molar-refractivity contribution in [2.75, 3.05) is 0 Å². The van der Waals surface area contributed by atoms with E-state index in [0.717, 1.165) is 16.6 Å². The Bertz CT molecular complexity index is 730. The van der Waals surface area contributed by atoms with Gasteiger partial charge < -0.3 is 4.57 Å². The minimum atomic E-state index is -3.13. The molecule has 0 saturated heterocycles. The van der Waals surface area contributed by atoms with Crippen LogP contribution in [0.5, 0.6) is 0 Å². The summed E-state index contributed by atoms with van der Waals surface area (Å²) in [6, 6.07) is 7.77. The fraction of sp³-hybridized carbons (Fsp3) is 0.467. The molecular weight excluding hydrogens is 294 g/mol. The van der Waals surface area contributed by atoms with Crippen molar-refractivity contribution in [2.24, 2.45) is 0 Å². The highest BCUT2D eigenvalue weighted by Gasteiger charge is 2.22. The largest absolute Gasteiger partial charge is 0.340 e. The quantitative estimate of drug-likeness (QED) is 0.848. The molecule has 1 heterocycles. The summed E-state index contributed by atoms with van der Waals surface area (Å²) in [5.41, 5.74) is 1.72. The van der Waals surface area contributed by atoms with E-state index in [2.05, 4.69) is 0 Å². The summed E-state index contributed by atoms with van der Waals surface area (Å²) in [7, 11) is -3.13. The molecule has 0 unspecified atom stereocenters. The van der Waals surface area contributed by atoms with Crippen molar-refractivity contribution in [1.82, 2.24) is 4.57 Å². The normalized spacial score (nSPS) is 12.8. The van der Waals surface area contributed by atoms with E-state index in [1.54, 1.807) is 13.8 Å². The molecule has 0 aliphatic carbocycles. The van der Waals surface area contributed by atoms with Gasteiger partial charge in [-0.2, -0.15) is 0 Å². The molecule has 1 aromatic carbocycles. The molecule has 0 amide bonds. The Labute approximate surface area is 125 Å². The zero-order valence-electron chi connectivity index (χ0n) is 12.2. The van der Waals surface area contributed by atoms with Crippen LogP contribution in [-0.2, 0) is 15.6 Å². The molecule has 0 bridgehead atoms. The first kappa shape index (κ1) is 15.4. The second-order valence-electron chi connectivity index (χ2n) is 5.63. The molecule has 0 radical (unpaired) electrons. The molecule has 2 aromatic rings. The Hall–Kier alpha value is -1.00. The first-order valence-corrected chi connectivity index (χ1v) is 8.83. The number of para-hydroxylation sites is 1. The molecule has 20 heavy (non-hydrogen) atoms. The average molecular weight is 314 g/mol. The Balaban J connectivity index is 2.65. The standard InChI is InChI=1S/C15H20ClNO2S/c1-10(2)17-13(9-20(18,19)11(3)4)8-12-6-5-7-14(16)15(12)17/h5-8,10-11H,9H2,1-4H3. The Morgan fingerprint density at radius 2 is 1.85 bits per heavy atom. The molecule has 0 N–H and O–H groups in total. The minimum Gasteiger partial charge on any atom is -0.340 e. The van der Waals surface area contributed by atoms with Crippen molar-refractivity contribution in [1.29, 1.82) is 0 Å². The molecule has 0 fully saturated rings. The van der Waals surface area contributed by atoms with Gasteiger partial charge in [0.25, 0.3) is 0 Å². The van der Waals surface area contributed by atoms with Gasteiger partial charge in [-0.3, -0.25) is 0 Å². The van der Waals surface area contributed by atoms with Crippen LogP contribution in [0.25, 0.3) is 10.9 Å². The number of sulfone groups is 1. The van der Waals surface area contributed by atoms with Crippen LogP contribution >= 0.6 is 11.6 Å². The third-order valence-corrected chi connectivity index (χ3v) is 5.91. The van der Waals surface area contributed by atoms with Gasteiger partial charge in [-0.1, -0.05) is 23.7 Å². The third-order valence-electron chi connectivity index (χ3n) is 3.47. The van der Waals surface area contributed by atoms with Gasteiger partial charge in [0.2, 0.25) is 0 Å². The van der Waals surface area contributed by atoms with Crippen molar-refractivity contribution >= 4 is 32.3 Å². The third kappa shape index (κ3) is 2.72. The van der Waals surface area contributed by atoms with E-state index in [1.165, 1.54) is 0 Å². The molecule has 2 rings (SSSR count). The summed E-state index contributed by atoms with van der Waals surface area (Å²) < 4.78 is 26.4. The van der Waals surface area contributed by atoms with E-state index < -0.39 is 9.84 Å². The predicted octanol–water partition coefficient (Wildman–Crippen LogP) is 4.20. The first-order chi connectivity index (χ1) is 9.24. The lowest BCUT2D eigenvalue weighted by Gasteiger charge is -2.16. The van der Waals surface area contributed by atoms with Crippen LogP contribution in [0.1, 0.15) is 39.4 Å². The molecule has 110 valence electrons. The minimum absolute atomic E-state index is 0.0495. The number of hydrogen-bond donors (Lipinski definition) is 0. The second kappa shape index (κ2) is 5.41. The second-order valence-corrected chi connectivity index (χ2v) is 8.60. The van der Waals surface area contributed by atoms with Crippen LogP contribution in [0.15, 0.2) is 24.3 Å². The molecule has 0 aliphatic rings. The van der Waals surface area contributed by atoms with Crippen LogP contribution in [0.2, 0.25) is 5.02 Å². The van der Waals surface area contributed by atoms with Crippen molar-refractivity contribution in [2.45, 2.75) is 44.7 Å². The lowest BCUT2D eigenvalue weighted by molar-refractivity contribution is 0.574. The Morgan fingerprint density at radius 1 is 1.20 bits per heavy atom. The fourth-order valence-corrected chi connectivity index (χ4v) is 3.61. The zero-order valence-corrected chi connectivity index (χ0v) is 13.8. The highest BCUT2D eigenvalue weighted by atomic mass is 35.5. The monoisotopic (exact) mass is 313 g/mol. The predicted molar refractivity (Wildman–Crippen MR) is 85.1 cm³/mol. The number of aromatic nitrogens is 1. The molecule has 0 saturated carbocycles. The fourth-order valence-electron chi connectivity index (χ4n) is 2.37. The first-order valence-electron chi connectivity index (χ1n) is 6.74. The maximum absolute atomic E-state index is 12.2. The van der Waals surface area contributed by atoms with Crippen molar-refractivity contribution < 1.29 is 8.42 Å². The number of halogens is 1. The van der Waals surface area contributed by atoms with Gasteiger partial charge in [-0.25, -0.2) is 8.42 Å². The van der Waals surface area contributed by atoms with Gasteiger partial charge in [-0.05, 0) is 39.8 Å². The number of hydrogen-bond acceptors (Lipinski definition) is 2. The van der Waals surface area contributed by atoms with Gasteiger partial charge >= 0.3 is 0 Å². The summed E-state index contributed by atoms with van der Waals surface area (Å²) in [6.45, 7) is 7.50. The van der Waals surface area contributed by atoms with E-state index in [4.69, 9.17) is 11.6 Å². The zero-order chi connectivity index (χ0) is 15.1. The van der Waals surface area contributed by atoms with Gasteiger partial charge in [0.1, 0.15) is 0 Å². The summed E-state index contributed by atoms with van der Waals surface area (Å²) in [5.74, 6) is 0.0495. The number of fused-ring (bicyclic) bond motifs is 1. The Morgan fingerprint density at radius 3 is 2.40 bits per heavy atom. The van der Waals surface area contributed by atoms with Crippen LogP contribution in [-0.4, -0.2) is 18.2 Å². The number of benzene rings is 1. The summed E-state index contributed by atoms with van der Waals surface area (Å²) in [6.07, 6.45) is 0. The van der Waals surface area contributed by atoms with Gasteiger partial charge in [0.05, 0.1) is 21.5 Å². The smallest absolute Gasteiger partial charge is 0.158 e. The molecule has 0 aliphatic heterocycles. The van der Waals surface area contributed by atoms with Gasteiger partial charge in [-0.15, -0.1) is 0 Å². The highest BCUT2D eigenvalue weighted by Crippen LogP contribution is 2.31. The average Bonchev–Trinajstić information content (AvgIpc) is 2.67. The lowest BCUT2D eigenvalue weighted by atomic mass is 10.2. The van der Waals surface area contributed by atoms with Crippen LogP contribution in [0.3, 0.4) is 0 Å². The molecule has 5 heteroatoms. The SMILES string of the molecule is CC(C)n1c(CS(=O)(=O)C(C)C)cc2cccc(Cl)c21. The van der Waals surface area contributed by atoms with Crippen LogP contribution in [0, 0.1) is 0 Å². The van der Waals surface area contributed by atoms with Gasteiger partial charge in [0.15, 0.2) is 9.84 Å². The topological polar surface area (TPSA) is 39.1 Å². The molecule has 0 spiro atoms. The molecule has 1 aromatic heterocycles. The molecular formula is C15H20ClNO2S. The van der Waals surface area contributed by atoms with Gasteiger partial charge in [0, 0.05) is 17.1 Å². The maximum Gasteiger partial charge on any atom is 0.158 e. The summed E-state index contributed by atoms with van der Waals surface area (Å²) >= 11 is 6.28. The number of rotatable bonds is 4.